The Morgan fingerprint density at radius 3 is 2.12 bits per heavy atom. The van der Waals surface area contributed by atoms with Gasteiger partial charge in [0.1, 0.15) is 11.5 Å². The Kier molecular flexibility index (Phi) is 6.16. The van der Waals surface area contributed by atoms with Crippen LogP contribution >= 0.6 is 0 Å². The standard InChI is InChI=1S/C27H23NO4.ClH/c1-30-20-10-18-11-24-22-14-27(32-3)26(31-2)13-21(22)19(9-17-7-5-4-6-8-17)15-28(24)16-23(18)25(29)12-20;/h4-8,10-16H,9H2,1-3H3;1H. The van der Waals surface area contributed by atoms with E-state index in [0.717, 1.165) is 39.0 Å². The smallest absolute Gasteiger partial charge is 0.219 e. The van der Waals surface area contributed by atoms with Crippen LogP contribution in [0.2, 0.25) is 0 Å². The SMILES string of the molecule is COc1cc(O)c2c[n+]3cc(Cc4ccccc4)c4cc(OC)c(OC)cc4c3cc2c1.[Cl-]. The largest absolute Gasteiger partial charge is 1.00 e. The molecule has 0 atom stereocenters. The van der Waals surface area contributed by atoms with Crippen LogP contribution in [0.5, 0.6) is 23.0 Å². The third-order valence-corrected chi connectivity index (χ3v) is 5.92. The van der Waals surface area contributed by atoms with Gasteiger partial charge in [-0.1, -0.05) is 30.3 Å². The van der Waals surface area contributed by atoms with Gasteiger partial charge in [0.2, 0.25) is 5.52 Å². The second-order valence-electron chi connectivity index (χ2n) is 7.78. The fourth-order valence-corrected chi connectivity index (χ4v) is 4.32. The molecule has 1 N–H and O–H groups in total. The second-order valence-corrected chi connectivity index (χ2v) is 7.78. The molecule has 5 nitrogen and oxygen atoms in total. The highest BCUT2D eigenvalue weighted by molar-refractivity contribution is 6.01. The molecule has 0 spiro atoms. The van der Waals surface area contributed by atoms with Crippen molar-refractivity contribution >= 4 is 27.1 Å². The van der Waals surface area contributed by atoms with Crippen molar-refractivity contribution in [3.05, 3.63) is 84.2 Å². The van der Waals surface area contributed by atoms with E-state index in [0.29, 0.717) is 17.2 Å². The van der Waals surface area contributed by atoms with Crippen molar-refractivity contribution in [3.63, 3.8) is 0 Å². The highest BCUT2D eigenvalue weighted by Gasteiger charge is 2.19. The first-order chi connectivity index (χ1) is 15.6. The lowest BCUT2D eigenvalue weighted by atomic mass is 9.98. The summed E-state index contributed by atoms with van der Waals surface area (Å²) in [6.07, 6.45) is 4.85. The highest BCUT2D eigenvalue weighted by Crippen LogP contribution is 2.37. The van der Waals surface area contributed by atoms with Crippen molar-refractivity contribution < 1.29 is 36.1 Å². The molecular weight excluding hydrogens is 438 g/mol. The molecule has 0 aliphatic carbocycles. The minimum Gasteiger partial charge on any atom is -1.00 e. The maximum atomic E-state index is 10.6. The first-order valence-electron chi connectivity index (χ1n) is 10.4. The van der Waals surface area contributed by atoms with Crippen LogP contribution in [0.3, 0.4) is 0 Å². The average molecular weight is 462 g/mol. The van der Waals surface area contributed by atoms with Gasteiger partial charge in [0.05, 0.1) is 32.1 Å². The van der Waals surface area contributed by atoms with Crippen molar-refractivity contribution in [2.45, 2.75) is 6.42 Å². The Morgan fingerprint density at radius 2 is 1.45 bits per heavy atom. The van der Waals surface area contributed by atoms with Gasteiger partial charge in [-0.05, 0) is 23.8 Å². The number of aromatic hydroxyl groups is 1. The van der Waals surface area contributed by atoms with Crippen LogP contribution in [-0.2, 0) is 6.42 Å². The minimum atomic E-state index is 0. The third-order valence-electron chi connectivity index (χ3n) is 5.92. The van der Waals surface area contributed by atoms with Crippen molar-refractivity contribution in [3.8, 4) is 23.0 Å². The fraction of sp³-hybridized carbons (Fsp3) is 0.148. The van der Waals surface area contributed by atoms with Crippen LogP contribution in [0.1, 0.15) is 11.1 Å². The molecule has 2 aromatic heterocycles. The lowest BCUT2D eigenvalue weighted by Crippen LogP contribution is -3.00. The van der Waals surface area contributed by atoms with Crippen LogP contribution in [0.15, 0.2) is 73.1 Å². The molecule has 6 heteroatoms. The van der Waals surface area contributed by atoms with Gasteiger partial charge in [-0.25, -0.2) is 0 Å². The first-order valence-corrected chi connectivity index (χ1v) is 10.4. The van der Waals surface area contributed by atoms with E-state index in [1.807, 2.05) is 42.6 Å². The Hall–Kier alpha value is -3.70. The number of phenols is 1. The normalized spacial score (nSPS) is 10.9. The van der Waals surface area contributed by atoms with Gasteiger partial charge in [0.25, 0.3) is 0 Å². The van der Waals surface area contributed by atoms with E-state index in [4.69, 9.17) is 14.2 Å². The molecule has 0 saturated heterocycles. The van der Waals surface area contributed by atoms with Crippen molar-refractivity contribution in [1.29, 1.82) is 0 Å². The van der Waals surface area contributed by atoms with Gasteiger partial charge in [0.15, 0.2) is 23.9 Å². The van der Waals surface area contributed by atoms with Crippen LogP contribution in [0, 0.1) is 0 Å². The number of methoxy groups -OCH3 is 3. The zero-order valence-corrected chi connectivity index (χ0v) is 19.4. The summed E-state index contributed by atoms with van der Waals surface area (Å²) < 4.78 is 18.6. The molecule has 0 bridgehead atoms. The summed E-state index contributed by atoms with van der Waals surface area (Å²) in [5.74, 6) is 2.17. The predicted octanol–water partition coefficient (Wildman–Crippen LogP) is 2.06. The van der Waals surface area contributed by atoms with E-state index in [1.165, 1.54) is 5.56 Å². The quantitative estimate of drug-likeness (QED) is 0.247. The van der Waals surface area contributed by atoms with Gasteiger partial charge in [-0.15, -0.1) is 0 Å². The maximum Gasteiger partial charge on any atom is 0.219 e. The number of hydrogen-bond acceptors (Lipinski definition) is 4. The number of nitrogens with zero attached hydrogens (tertiary/aromatic N) is 1. The number of fused-ring (bicyclic) bond motifs is 4. The molecule has 3 aromatic carbocycles. The molecular formula is C27H24ClNO4. The zero-order chi connectivity index (χ0) is 22.2. The van der Waals surface area contributed by atoms with E-state index in [2.05, 4.69) is 28.8 Å². The third kappa shape index (κ3) is 3.96. The summed E-state index contributed by atoms with van der Waals surface area (Å²) in [6.45, 7) is 0. The van der Waals surface area contributed by atoms with Crippen molar-refractivity contribution in [2.24, 2.45) is 0 Å². The summed E-state index contributed by atoms with van der Waals surface area (Å²) in [7, 11) is 4.89. The van der Waals surface area contributed by atoms with Gasteiger partial charge in [-0.3, -0.25) is 0 Å². The van der Waals surface area contributed by atoms with Gasteiger partial charge >= 0.3 is 0 Å². The minimum absolute atomic E-state index is 0. The summed E-state index contributed by atoms with van der Waals surface area (Å²) in [6, 6.07) is 20.1. The molecule has 2 heterocycles. The van der Waals surface area contributed by atoms with Gasteiger partial charge < -0.3 is 31.7 Å². The molecule has 0 aliphatic rings. The molecule has 0 aliphatic heterocycles. The van der Waals surface area contributed by atoms with E-state index < -0.39 is 0 Å². The molecule has 5 rings (SSSR count). The predicted molar refractivity (Wildman–Crippen MR) is 125 cm³/mol. The molecule has 33 heavy (non-hydrogen) atoms. The number of aromatic nitrogens is 1. The molecule has 0 unspecified atom stereocenters. The number of phenolic OH excluding ortho intramolecular Hbond substituents is 1. The Morgan fingerprint density at radius 1 is 0.758 bits per heavy atom. The molecule has 0 amide bonds. The summed E-state index contributed by atoms with van der Waals surface area (Å²) in [5.41, 5.74) is 3.37. The van der Waals surface area contributed by atoms with Crippen LogP contribution in [0.25, 0.3) is 27.1 Å². The Balaban J connectivity index is 0.00000259. The van der Waals surface area contributed by atoms with E-state index in [9.17, 15) is 5.11 Å². The topological polar surface area (TPSA) is 52.0 Å². The van der Waals surface area contributed by atoms with Crippen molar-refractivity contribution in [2.75, 3.05) is 21.3 Å². The highest BCUT2D eigenvalue weighted by atomic mass is 35.5. The number of ether oxygens (including phenoxy) is 3. The number of hydrogen-bond donors (Lipinski definition) is 1. The molecule has 0 fully saturated rings. The fourth-order valence-electron chi connectivity index (χ4n) is 4.32. The van der Waals surface area contributed by atoms with Crippen LogP contribution in [0.4, 0.5) is 0 Å². The van der Waals surface area contributed by atoms with Crippen molar-refractivity contribution in [1.82, 2.24) is 0 Å². The van der Waals surface area contributed by atoms with E-state index >= 15 is 0 Å². The monoisotopic (exact) mass is 461 g/mol. The lowest BCUT2D eigenvalue weighted by molar-refractivity contribution is -0.509. The van der Waals surface area contributed by atoms with E-state index in [-0.39, 0.29) is 18.2 Å². The molecule has 168 valence electrons. The van der Waals surface area contributed by atoms with Crippen LogP contribution in [-0.4, -0.2) is 26.4 Å². The van der Waals surface area contributed by atoms with Gasteiger partial charge in [-0.2, -0.15) is 4.40 Å². The van der Waals surface area contributed by atoms with Crippen LogP contribution < -0.4 is 31.0 Å². The van der Waals surface area contributed by atoms with Gasteiger partial charge in [0, 0.05) is 34.9 Å². The lowest BCUT2D eigenvalue weighted by Gasteiger charge is -2.12. The average Bonchev–Trinajstić information content (AvgIpc) is 2.83. The number of pyridine rings is 2. The molecule has 0 radical (unpaired) electrons. The summed E-state index contributed by atoms with van der Waals surface area (Å²) >= 11 is 0. The maximum absolute atomic E-state index is 10.6. The first kappa shape index (κ1) is 22.5. The number of benzene rings is 3. The Labute approximate surface area is 198 Å². The molecule has 5 aromatic rings. The zero-order valence-electron chi connectivity index (χ0n) is 18.6. The number of halogens is 1. The number of rotatable bonds is 5. The Bertz CT molecular complexity index is 1470. The summed E-state index contributed by atoms with van der Waals surface area (Å²) in [5, 5.41) is 14.4. The summed E-state index contributed by atoms with van der Waals surface area (Å²) in [4.78, 5) is 0. The van der Waals surface area contributed by atoms with E-state index in [1.54, 1.807) is 27.4 Å². The second kappa shape index (κ2) is 9.04. The molecule has 0 saturated carbocycles.